The van der Waals surface area contributed by atoms with E-state index in [4.69, 9.17) is 4.98 Å². The molecule has 0 bridgehead atoms. The molecule has 3 aromatic rings. The van der Waals surface area contributed by atoms with Crippen molar-refractivity contribution in [3.63, 3.8) is 0 Å². The number of halogens is 1. The van der Waals surface area contributed by atoms with Gasteiger partial charge in [0, 0.05) is 37.4 Å². The zero-order chi connectivity index (χ0) is 21.8. The number of carbonyl (C=O) groups excluding carboxylic acids is 1. The molecule has 0 fully saturated rings. The molecular formula is C24H33ClN4OS. The smallest absolute Gasteiger partial charge is 0.260 e. The van der Waals surface area contributed by atoms with Gasteiger partial charge >= 0.3 is 0 Å². The number of likely N-dealkylation sites (N-methyl/N-ethyl adjacent to an activating group) is 1. The van der Waals surface area contributed by atoms with Crippen LogP contribution in [-0.2, 0) is 0 Å². The fraction of sp³-hybridized carbons (Fsp3) is 0.417. The molecule has 31 heavy (non-hydrogen) atoms. The number of hydrogen-bond acceptors (Lipinski definition) is 5. The molecule has 0 unspecified atom stereocenters. The van der Waals surface area contributed by atoms with Gasteiger partial charge in [-0.15, -0.1) is 12.4 Å². The summed E-state index contributed by atoms with van der Waals surface area (Å²) in [4.78, 5) is 24.5. The summed E-state index contributed by atoms with van der Waals surface area (Å²) >= 11 is 1.59. The number of amides is 1. The van der Waals surface area contributed by atoms with Crippen LogP contribution >= 0.6 is 23.7 Å². The van der Waals surface area contributed by atoms with Gasteiger partial charge < -0.3 is 9.80 Å². The summed E-state index contributed by atoms with van der Waals surface area (Å²) in [5, 5.41) is 0.762. The quantitative estimate of drug-likeness (QED) is 0.451. The second kappa shape index (κ2) is 10.9. The molecule has 0 N–H and O–H groups in total. The molecule has 168 valence electrons. The average molecular weight is 461 g/mol. The first-order valence-electron chi connectivity index (χ1n) is 10.5. The molecule has 0 radical (unpaired) electrons. The summed E-state index contributed by atoms with van der Waals surface area (Å²) < 4.78 is 1.12. The molecule has 0 saturated heterocycles. The predicted octanol–water partition coefficient (Wildman–Crippen LogP) is 5.39. The molecule has 0 aliphatic carbocycles. The molecule has 0 atom stereocenters. The number of aryl methyl sites for hydroxylation is 2. The van der Waals surface area contributed by atoms with E-state index in [2.05, 4.69) is 49.6 Å². The van der Waals surface area contributed by atoms with Crippen LogP contribution in [0.15, 0.2) is 36.4 Å². The summed E-state index contributed by atoms with van der Waals surface area (Å²) in [7, 11) is 4.04. The van der Waals surface area contributed by atoms with Gasteiger partial charge in [0.15, 0.2) is 5.13 Å². The molecule has 7 heteroatoms. The van der Waals surface area contributed by atoms with Crippen LogP contribution < -0.4 is 9.80 Å². The van der Waals surface area contributed by atoms with Crippen LogP contribution in [0.25, 0.3) is 10.2 Å². The molecule has 2 aromatic carbocycles. The van der Waals surface area contributed by atoms with Gasteiger partial charge in [0.05, 0.1) is 10.2 Å². The minimum Gasteiger partial charge on any atom is -0.372 e. The van der Waals surface area contributed by atoms with Crippen molar-refractivity contribution in [1.82, 2.24) is 9.88 Å². The Balaban J connectivity index is 0.00000341. The summed E-state index contributed by atoms with van der Waals surface area (Å²) in [6.07, 6.45) is 0. The third-order valence-corrected chi connectivity index (χ3v) is 6.61. The number of nitrogens with zero attached hydrogens (tertiary/aromatic N) is 4. The van der Waals surface area contributed by atoms with Gasteiger partial charge in [0.2, 0.25) is 0 Å². The highest BCUT2D eigenvalue weighted by Crippen LogP contribution is 2.32. The standard InChI is InChI=1S/C24H32N4OS.ClH/c1-7-27(8-2)20-12-10-19(11-13-20)23(29)28(16-15-26(5)6)24-25-22-18(4)17(3)9-14-21(22)30-24;/h9-14H,7-8,15-16H2,1-6H3;1H. The number of hydrogen-bond donors (Lipinski definition) is 0. The molecule has 0 spiro atoms. The van der Waals surface area contributed by atoms with E-state index < -0.39 is 0 Å². The fourth-order valence-corrected chi connectivity index (χ4v) is 4.52. The molecule has 0 saturated carbocycles. The first-order chi connectivity index (χ1) is 14.3. The van der Waals surface area contributed by atoms with Crippen molar-refractivity contribution in [2.45, 2.75) is 27.7 Å². The Kier molecular flexibility index (Phi) is 8.86. The monoisotopic (exact) mass is 460 g/mol. The van der Waals surface area contributed by atoms with Gasteiger partial charge in [-0.3, -0.25) is 9.69 Å². The summed E-state index contributed by atoms with van der Waals surface area (Å²) in [5.74, 6) is -0.00335. The zero-order valence-corrected chi connectivity index (χ0v) is 20.9. The molecule has 0 aliphatic rings. The van der Waals surface area contributed by atoms with Crippen molar-refractivity contribution < 1.29 is 4.79 Å². The van der Waals surface area contributed by atoms with Crippen molar-refractivity contribution in [3.8, 4) is 0 Å². The van der Waals surface area contributed by atoms with Crippen LogP contribution in [0.2, 0.25) is 0 Å². The maximum Gasteiger partial charge on any atom is 0.260 e. The zero-order valence-electron chi connectivity index (χ0n) is 19.3. The second-order valence-electron chi connectivity index (χ2n) is 7.83. The molecule has 0 aliphatic heterocycles. The first kappa shape index (κ1) is 25.1. The normalized spacial score (nSPS) is 10.9. The van der Waals surface area contributed by atoms with Crippen molar-refractivity contribution in [1.29, 1.82) is 0 Å². The Morgan fingerprint density at radius 1 is 0.968 bits per heavy atom. The second-order valence-corrected chi connectivity index (χ2v) is 8.84. The number of thiazole rings is 1. The first-order valence-corrected chi connectivity index (χ1v) is 11.4. The van der Waals surface area contributed by atoms with Crippen LogP contribution in [0, 0.1) is 13.8 Å². The van der Waals surface area contributed by atoms with Crippen molar-refractivity contribution in [3.05, 3.63) is 53.1 Å². The Morgan fingerprint density at radius 2 is 1.61 bits per heavy atom. The van der Waals surface area contributed by atoms with E-state index in [0.29, 0.717) is 12.1 Å². The average Bonchev–Trinajstić information content (AvgIpc) is 3.17. The Bertz CT molecular complexity index is 1010. The summed E-state index contributed by atoms with van der Waals surface area (Å²) in [6, 6.07) is 12.2. The van der Waals surface area contributed by atoms with E-state index in [0.717, 1.165) is 40.7 Å². The lowest BCUT2D eigenvalue weighted by Crippen LogP contribution is -2.36. The van der Waals surface area contributed by atoms with Crippen molar-refractivity contribution in [2.24, 2.45) is 0 Å². The third kappa shape index (κ3) is 5.56. The van der Waals surface area contributed by atoms with Crippen molar-refractivity contribution in [2.75, 3.05) is 50.1 Å². The molecular weight excluding hydrogens is 428 g/mol. The highest BCUT2D eigenvalue weighted by molar-refractivity contribution is 7.22. The van der Waals surface area contributed by atoms with Gasteiger partial charge in [0.1, 0.15) is 0 Å². The SMILES string of the molecule is CCN(CC)c1ccc(C(=O)N(CCN(C)C)c2nc3c(C)c(C)ccc3s2)cc1.Cl. The van der Waals surface area contributed by atoms with E-state index in [1.54, 1.807) is 11.3 Å². The van der Waals surface area contributed by atoms with Crippen LogP contribution in [0.5, 0.6) is 0 Å². The Hall–Kier alpha value is -2.15. The predicted molar refractivity (Wildman–Crippen MR) is 137 cm³/mol. The van der Waals surface area contributed by atoms with Gasteiger partial charge in [0.25, 0.3) is 5.91 Å². The molecule has 1 heterocycles. The van der Waals surface area contributed by atoms with Gasteiger partial charge in [-0.2, -0.15) is 0 Å². The number of fused-ring (bicyclic) bond motifs is 1. The highest BCUT2D eigenvalue weighted by Gasteiger charge is 2.22. The number of carbonyl (C=O) groups is 1. The fourth-order valence-electron chi connectivity index (χ4n) is 3.47. The lowest BCUT2D eigenvalue weighted by atomic mass is 10.1. The lowest BCUT2D eigenvalue weighted by Gasteiger charge is -2.23. The van der Waals surface area contributed by atoms with E-state index in [9.17, 15) is 4.79 Å². The van der Waals surface area contributed by atoms with E-state index in [-0.39, 0.29) is 18.3 Å². The van der Waals surface area contributed by atoms with E-state index >= 15 is 0 Å². The topological polar surface area (TPSA) is 39.7 Å². The van der Waals surface area contributed by atoms with Gasteiger partial charge in [-0.25, -0.2) is 4.98 Å². The van der Waals surface area contributed by atoms with Gasteiger partial charge in [-0.1, -0.05) is 17.4 Å². The van der Waals surface area contributed by atoms with E-state index in [1.165, 1.54) is 11.1 Å². The van der Waals surface area contributed by atoms with Gasteiger partial charge in [-0.05, 0) is 83.2 Å². The number of rotatable bonds is 8. The van der Waals surface area contributed by atoms with Crippen LogP contribution in [0.1, 0.15) is 35.3 Å². The highest BCUT2D eigenvalue weighted by atomic mass is 35.5. The van der Waals surface area contributed by atoms with E-state index in [1.807, 2.05) is 43.3 Å². The number of anilines is 2. The number of benzene rings is 2. The summed E-state index contributed by atoms with van der Waals surface area (Å²) in [5.41, 5.74) is 5.23. The third-order valence-electron chi connectivity index (χ3n) is 5.56. The largest absolute Gasteiger partial charge is 0.372 e. The van der Waals surface area contributed by atoms with Crippen LogP contribution in [-0.4, -0.2) is 56.1 Å². The summed E-state index contributed by atoms with van der Waals surface area (Å²) in [6.45, 7) is 11.7. The lowest BCUT2D eigenvalue weighted by molar-refractivity contribution is 0.0985. The van der Waals surface area contributed by atoms with Crippen LogP contribution in [0.4, 0.5) is 10.8 Å². The van der Waals surface area contributed by atoms with Crippen molar-refractivity contribution >= 4 is 50.7 Å². The molecule has 3 rings (SSSR count). The maximum absolute atomic E-state index is 13.5. The molecule has 5 nitrogen and oxygen atoms in total. The minimum absolute atomic E-state index is 0. The Morgan fingerprint density at radius 3 is 2.19 bits per heavy atom. The Labute approximate surface area is 196 Å². The molecule has 1 aromatic heterocycles. The minimum atomic E-state index is -0.00335. The molecule has 1 amide bonds. The maximum atomic E-state index is 13.5. The van der Waals surface area contributed by atoms with Crippen LogP contribution in [0.3, 0.4) is 0 Å². The number of aromatic nitrogens is 1.